The van der Waals surface area contributed by atoms with Crippen molar-refractivity contribution < 1.29 is 17.9 Å². The molecule has 0 unspecified atom stereocenters. The Morgan fingerprint density at radius 3 is 2.40 bits per heavy atom. The van der Waals surface area contributed by atoms with Crippen LogP contribution in [-0.2, 0) is 14.8 Å². The quantitative estimate of drug-likeness (QED) is 0.275. The van der Waals surface area contributed by atoms with Crippen molar-refractivity contribution in [1.82, 2.24) is 9.55 Å². The third kappa shape index (κ3) is 5.70. The molecule has 0 bridgehead atoms. The van der Waals surface area contributed by atoms with E-state index < -0.39 is 10.0 Å². The van der Waals surface area contributed by atoms with Gasteiger partial charge in [0.05, 0.1) is 33.8 Å². The zero-order chi connectivity index (χ0) is 25.0. The molecule has 1 amide bonds. The summed E-state index contributed by atoms with van der Waals surface area (Å²) in [5.74, 6) is 0.303. The van der Waals surface area contributed by atoms with Crippen LogP contribution < -0.4 is 20.8 Å². The Morgan fingerprint density at radius 1 is 1.06 bits per heavy atom. The average Bonchev–Trinajstić information content (AvgIpc) is 2.84. The van der Waals surface area contributed by atoms with E-state index in [-0.39, 0.29) is 22.1 Å². The molecule has 11 heteroatoms. The molecule has 3 aromatic carbocycles. The first-order valence-electron chi connectivity index (χ1n) is 10.6. The molecule has 3 N–H and O–H groups in total. The molecule has 4 rings (SSSR count). The van der Waals surface area contributed by atoms with Gasteiger partial charge in [-0.3, -0.25) is 14.2 Å². The molecule has 0 spiro atoms. The van der Waals surface area contributed by atoms with Crippen LogP contribution in [0.2, 0.25) is 0 Å². The lowest BCUT2D eigenvalue weighted by Gasteiger charge is -2.14. The maximum absolute atomic E-state index is 13.3. The highest BCUT2D eigenvalue weighted by molar-refractivity contribution is 7.99. The summed E-state index contributed by atoms with van der Waals surface area (Å²) in [4.78, 5) is 30.5. The molecule has 0 aliphatic rings. The van der Waals surface area contributed by atoms with E-state index in [1.54, 1.807) is 48.5 Å². The Balaban J connectivity index is 1.60. The zero-order valence-corrected chi connectivity index (χ0v) is 20.3. The number of primary sulfonamides is 1. The van der Waals surface area contributed by atoms with Gasteiger partial charge in [0.15, 0.2) is 5.16 Å². The fourth-order valence-electron chi connectivity index (χ4n) is 3.35. The number of aromatic nitrogens is 2. The van der Waals surface area contributed by atoms with Crippen molar-refractivity contribution in [2.24, 2.45) is 5.14 Å². The van der Waals surface area contributed by atoms with Crippen molar-refractivity contribution in [1.29, 1.82) is 0 Å². The molecular weight excluding hydrogens is 488 g/mol. The minimum atomic E-state index is -3.82. The number of nitrogens with two attached hydrogens (primary N) is 1. The minimum Gasteiger partial charge on any atom is -0.494 e. The molecule has 180 valence electrons. The summed E-state index contributed by atoms with van der Waals surface area (Å²) < 4.78 is 29.7. The molecule has 35 heavy (non-hydrogen) atoms. The highest BCUT2D eigenvalue weighted by Gasteiger charge is 2.15. The van der Waals surface area contributed by atoms with Crippen LogP contribution in [0.4, 0.5) is 5.69 Å². The van der Waals surface area contributed by atoms with Crippen LogP contribution in [0.5, 0.6) is 5.75 Å². The van der Waals surface area contributed by atoms with Gasteiger partial charge in [0.2, 0.25) is 15.9 Å². The predicted octanol–water partition coefficient (Wildman–Crippen LogP) is 3.16. The first-order chi connectivity index (χ1) is 16.8. The molecule has 0 fully saturated rings. The highest BCUT2D eigenvalue weighted by Crippen LogP contribution is 2.23. The molecule has 0 saturated carbocycles. The molecule has 0 radical (unpaired) electrons. The molecule has 0 aliphatic heterocycles. The van der Waals surface area contributed by atoms with E-state index in [2.05, 4.69) is 10.3 Å². The van der Waals surface area contributed by atoms with Gasteiger partial charge in [-0.1, -0.05) is 23.9 Å². The van der Waals surface area contributed by atoms with Crippen molar-refractivity contribution >= 4 is 44.3 Å². The van der Waals surface area contributed by atoms with Crippen molar-refractivity contribution in [3.05, 3.63) is 83.2 Å². The van der Waals surface area contributed by atoms with Gasteiger partial charge in [-0.25, -0.2) is 18.5 Å². The lowest BCUT2D eigenvalue weighted by molar-refractivity contribution is -0.113. The number of amides is 1. The summed E-state index contributed by atoms with van der Waals surface area (Å²) in [6.45, 7) is 2.41. The molecule has 1 heterocycles. The lowest BCUT2D eigenvalue weighted by atomic mass is 10.2. The fraction of sp³-hybridized carbons (Fsp3) is 0.125. The molecule has 0 aliphatic carbocycles. The second kappa shape index (κ2) is 10.3. The maximum Gasteiger partial charge on any atom is 0.266 e. The third-order valence-electron chi connectivity index (χ3n) is 4.95. The van der Waals surface area contributed by atoms with Crippen molar-refractivity contribution in [3.63, 3.8) is 0 Å². The van der Waals surface area contributed by atoms with Gasteiger partial charge < -0.3 is 10.1 Å². The summed E-state index contributed by atoms with van der Waals surface area (Å²) in [5.41, 5.74) is 1.29. The predicted molar refractivity (Wildman–Crippen MR) is 136 cm³/mol. The number of fused-ring (bicyclic) bond motifs is 1. The van der Waals surface area contributed by atoms with Crippen LogP contribution in [0.15, 0.2) is 87.6 Å². The van der Waals surface area contributed by atoms with Gasteiger partial charge >= 0.3 is 0 Å². The molecule has 0 saturated heterocycles. The topological polar surface area (TPSA) is 133 Å². The van der Waals surface area contributed by atoms with E-state index in [4.69, 9.17) is 9.88 Å². The number of carbonyl (C=O) groups is 1. The zero-order valence-electron chi connectivity index (χ0n) is 18.7. The first kappa shape index (κ1) is 24.5. The van der Waals surface area contributed by atoms with Gasteiger partial charge in [-0.2, -0.15) is 0 Å². The van der Waals surface area contributed by atoms with E-state index in [1.807, 2.05) is 6.92 Å². The van der Waals surface area contributed by atoms with Crippen LogP contribution >= 0.6 is 11.8 Å². The van der Waals surface area contributed by atoms with Crippen LogP contribution in [0.3, 0.4) is 0 Å². The number of para-hydroxylation sites is 1. The number of hydrogen-bond donors (Lipinski definition) is 2. The van der Waals surface area contributed by atoms with Crippen LogP contribution in [0.1, 0.15) is 6.92 Å². The average molecular weight is 511 g/mol. The standard InChI is InChI=1S/C24H22N4O5S2/c1-2-33-18-11-9-17(10-12-18)28-23(30)20-5-3-4-6-21(20)27-24(28)34-15-22(29)26-16-7-13-19(14-8-16)35(25,31)32/h3-14H,2,15H2,1H3,(H,26,29)(H2,25,31,32). The van der Waals surface area contributed by atoms with E-state index >= 15 is 0 Å². The Hall–Kier alpha value is -3.67. The summed E-state index contributed by atoms with van der Waals surface area (Å²) >= 11 is 1.11. The second-order valence-corrected chi connectivity index (χ2v) is 9.89. The van der Waals surface area contributed by atoms with Crippen LogP contribution in [0, 0.1) is 0 Å². The molecule has 9 nitrogen and oxygen atoms in total. The smallest absolute Gasteiger partial charge is 0.266 e. The summed E-state index contributed by atoms with van der Waals surface area (Å²) in [6.07, 6.45) is 0. The molecular formula is C24H22N4O5S2. The van der Waals surface area contributed by atoms with Crippen molar-refractivity contribution in [2.75, 3.05) is 17.7 Å². The third-order valence-corrected chi connectivity index (χ3v) is 6.82. The minimum absolute atomic E-state index is 0.0290. The fourth-order valence-corrected chi connectivity index (χ4v) is 4.68. The largest absolute Gasteiger partial charge is 0.494 e. The summed E-state index contributed by atoms with van der Waals surface area (Å²) in [5, 5.41) is 8.62. The number of nitrogens with one attached hydrogen (secondary N) is 1. The van der Waals surface area contributed by atoms with Gasteiger partial charge in [0.25, 0.3) is 5.56 Å². The second-order valence-electron chi connectivity index (χ2n) is 7.39. The lowest BCUT2D eigenvalue weighted by Crippen LogP contribution is -2.23. The Bertz CT molecular complexity index is 1530. The number of rotatable bonds is 8. The molecule has 1 aromatic heterocycles. The monoisotopic (exact) mass is 510 g/mol. The molecule has 4 aromatic rings. The Labute approximate surface area is 206 Å². The van der Waals surface area contributed by atoms with Crippen LogP contribution in [0.25, 0.3) is 16.6 Å². The first-order valence-corrected chi connectivity index (χ1v) is 13.1. The number of nitrogens with zero attached hydrogens (tertiary/aromatic N) is 2. The van der Waals surface area contributed by atoms with Gasteiger partial charge in [0, 0.05) is 5.69 Å². The van der Waals surface area contributed by atoms with Gasteiger partial charge in [-0.15, -0.1) is 0 Å². The van der Waals surface area contributed by atoms with Gasteiger partial charge in [0.1, 0.15) is 5.75 Å². The van der Waals surface area contributed by atoms with Crippen molar-refractivity contribution in [2.45, 2.75) is 17.0 Å². The van der Waals surface area contributed by atoms with Crippen molar-refractivity contribution in [3.8, 4) is 11.4 Å². The number of ether oxygens (including phenoxy) is 1. The van der Waals surface area contributed by atoms with Crippen LogP contribution in [-0.4, -0.2) is 36.2 Å². The summed E-state index contributed by atoms with van der Waals surface area (Å²) in [6, 6.07) is 19.6. The number of benzene rings is 3. The van der Waals surface area contributed by atoms with E-state index in [0.29, 0.717) is 39.8 Å². The summed E-state index contributed by atoms with van der Waals surface area (Å²) in [7, 11) is -3.82. The highest BCUT2D eigenvalue weighted by atomic mass is 32.2. The number of anilines is 1. The normalized spacial score (nSPS) is 11.4. The SMILES string of the molecule is CCOc1ccc(-n2c(SCC(=O)Nc3ccc(S(N)(=O)=O)cc3)nc3ccccc3c2=O)cc1. The number of sulfonamides is 1. The van der Waals surface area contributed by atoms with E-state index in [0.717, 1.165) is 11.8 Å². The van der Waals surface area contributed by atoms with E-state index in [9.17, 15) is 18.0 Å². The molecule has 0 atom stereocenters. The number of thioether (sulfide) groups is 1. The Morgan fingerprint density at radius 2 is 1.74 bits per heavy atom. The van der Waals surface area contributed by atoms with E-state index in [1.165, 1.54) is 28.8 Å². The maximum atomic E-state index is 13.3. The Kier molecular flexibility index (Phi) is 7.20. The van der Waals surface area contributed by atoms with Gasteiger partial charge in [-0.05, 0) is 67.6 Å². The number of hydrogen-bond acceptors (Lipinski definition) is 7. The number of carbonyl (C=O) groups excluding carboxylic acids is 1.